The molecule has 0 bridgehead atoms. The number of imide groups is 1. The van der Waals surface area contributed by atoms with E-state index in [-0.39, 0.29) is 17.9 Å². The van der Waals surface area contributed by atoms with Crippen molar-refractivity contribution in [2.24, 2.45) is 11.8 Å². The van der Waals surface area contributed by atoms with E-state index in [1.807, 2.05) is 0 Å². The maximum Gasteiger partial charge on any atom is 0.261 e. The minimum absolute atomic E-state index is 0.118. The number of hydrogen-bond acceptors (Lipinski definition) is 4. The molecule has 0 spiro atoms. The summed E-state index contributed by atoms with van der Waals surface area (Å²) in [7, 11) is 1.46. The van der Waals surface area contributed by atoms with Gasteiger partial charge in [0.15, 0.2) is 6.23 Å². The zero-order valence-corrected chi connectivity index (χ0v) is 18.1. The zero-order valence-electron chi connectivity index (χ0n) is 18.1. The SMILES string of the molecule is CCC(C)CC(C(C)C)N1C(=O)c2ccc3c4c(ccc(c24)C1O)C(=O)N(C)C3=O. The van der Waals surface area contributed by atoms with Gasteiger partial charge in [0.2, 0.25) is 0 Å². The molecule has 2 aromatic carbocycles. The second kappa shape index (κ2) is 7.20. The Hall–Kier alpha value is -2.73. The summed E-state index contributed by atoms with van der Waals surface area (Å²) in [5, 5.41) is 12.3. The van der Waals surface area contributed by atoms with E-state index in [4.69, 9.17) is 0 Å². The van der Waals surface area contributed by atoms with Crippen molar-refractivity contribution in [2.75, 3.05) is 7.05 Å². The van der Waals surface area contributed by atoms with Gasteiger partial charge >= 0.3 is 0 Å². The molecule has 0 fully saturated rings. The molecule has 2 aliphatic rings. The fourth-order valence-electron chi connectivity index (χ4n) is 4.74. The molecule has 0 saturated carbocycles. The van der Waals surface area contributed by atoms with E-state index < -0.39 is 18.0 Å². The highest BCUT2D eigenvalue weighted by molar-refractivity contribution is 6.28. The number of aliphatic hydroxyl groups is 1. The van der Waals surface area contributed by atoms with Crippen molar-refractivity contribution in [3.63, 3.8) is 0 Å². The van der Waals surface area contributed by atoms with Crippen LogP contribution in [0.5, 0.6) is 0 Å². The van der Waals surface area contributed by atoms with E-state index in [1.165, 1.54) is 7.05 Å². The number of nitrogens with zero attached hydrogens (tertiary/aromatic N) is 2. The Bertz CT molecular complexity index is 1050. The first kappa shape index (κ1) is 20.5. The summed E-state index contributed by atoms with van der Waals surface area (Å²) in [6.07, 6.45) is 0.682. The number of amides is 3. The van der Waals surface area contributed by atoms with Crippen molar-refractivity contribution in [1.29, 1.82) is 0 Å². The molecule has 158 valence electrons. The molecule has 4 rings (SSSR count). The molecule has 3 amide bonds. The van der Waals surface area contributed by atoms with Gasteiger partial charge in [0.25, 0.3) is 17.7 Å². The maximum atomic E-state index is 13.6. The van der Waals surface area contributed by atoms with E-state index in [0.717, 1.165) is 17.7 Å². The fraction of sp³-hybridized carbons (Fsp3) is 0.458. The van der Waals surface area contributed by atoms with Crippen molar-refractivity contribution in [1.82, 2.24) is 9.80 Å². The summed E-state index contributed by atoms with van der Waals surface area (Å²) in [6, 6.07) is 6.55. The van der Waals surface area contributed by atoms with Gasteiger partial charge < -0.3 is 10.0 Å². The van der Waals surface area contributed by atoms with Crippen LogP contribution in [0.2, 0.25) is 0 Å². The average Bonchev–Trinajstić information content (AvgIpc) is 2.73. The minimum atomic E-state index is -1.12. The zero-order chi connectivity index (χ0) is 21.9. The van der Waals surface area contributed by atoms with Gasteiger partial charge in [0.05, 0.1) is 0 Å². The summed E-state index contributed by atoms with van der Waals surface area (Å²) >= 11 is 0. The molecule has 0 radical (unpaired) electrons. The van der Waals surface area contributed by atoms with Crippen LogP contribution >= 0.6 is 0 Å². The lowest BCUT2D eigenvalue weighted by molar-refractivity contribution is -0.0301. The van der Waals surface area contributed by atoms with Crippen LogP contribution in [0.25, 0.3) is 10.8 Å². The number of benzene rings is 2. The third kappa shape index (κ3) is 2.77. The van der Waals surface area contributed by atoms with Crippen molar-refractivity contribution in [3.05, 3.63) is 46.5 Å². The molecule has 3 atom stereocenters. The van der Waals surface area contributed by atoms with Gasteiger partial charge in [-0.05, 0) is 36.5 Å². The van der Waals surface area contributed by atoms with Crippen LogP contribution in [0.4, 0.5) is 0 Å². The lowest BCUT2D eigenvalue weighted by Crippen LogP contribution is -2.48. The summed E-state index contributed by atoms with van der Waals surface area (Å²) < 4.78 is 0. The number of aliphatic hydroxyl groups excluding tert-OH is 1. The molecule has 0 saturated heterocycles. The van der Waals surface area contributed by atoms with Crippen LogP contribution in [0.3, 0.4) is 0 Å². The molecule has 6 nitrogen and oxygen atoms in total. The van der Waals surface area contributed by atoms with Crippen LogP contribution in [0, 0.1) is 11.8 Å². The van der Waals surface area contributed by atoms with Gasteiger partial charge in [0.1, 0.15) is 0 Å². The highest BCUT2D eigenvalue weighted by atomic mass is 16.3. The van der Waals surface area contributed by atoms with Crippen molar-refractivity contribution in [2.45, 2.75) is 52.8 Å². The molecular formula is C24H28N2O4. The predicted octanol–water partition coefficient (Wildman–Crippen LogP) is 3.97. The predicted molar refractivity (Wildman–Crippen MR) is 114 cm³/mol. The summed E-state index contributed by atoms with van der Waals surface area (Å²) in [5.74, 6) is -0.446. The lowest BCUT2D eigenvalue weighted by atomic mass is 9.83. The highest BCUT2D eigenvalue weighted by Crippen LogP contribution is 2.42. The molecular weight excluding hydrogens is 380 g/mol. The Labute approximate surface area is 176 Å². The smallest absolute Gasteiger partial charge is 0.261 e. The number of hydrogen-bond donors (Lipinski definition) is 1. The number of carbonyl (C=O) groups excluding carboxylic acids is 3. The van der Waals surface area contributed by atoms with Gasteiger partial charge in [-0.25, -0.2) is 0 Å². The summed E-state index contributed by atoms with van der Waals surface area (Å²) in [4.78, 5) is 41.6. The van der Waals surface area contributed by atoms with Crippen molar-refractivity contribution < 1.29 is 19.5 Å². The molecule has 1 N–H and O–H groups in total. The van der Waals surface area contributed by atoms with Crippen LogP contribution in [0.1, 0.15) is 83.4 Å². The molecule has 0 aromatic heterocycles. The Kier molecular flexibility index (Phi) is 4.93. The second-order valence-electron chi connectivity index (χ2n) is 8.93. The standard InChI is InChI=1S/C24H28N2O4/c1-6-13(4)11-18(12(2)3)26-23(29)16-9-7-14-19-15(22(28)25(5)21(14)27)8-10-17(20(16)19)24(26)30/h7-10,12-13,18,23,29H,6,11H2,1-5H3. The van der Waals surface area contributed by atoms with Crippen LogP contribution in [-0.2, 0) is 0 Å². The normalized spacial score (nSPS) is 20.4. The van der Waals surface area contributed by atoms with Crippen LogP contribution in [-0.4, -0.2) is 45.7 Å². The molecule has 2 aliphatic heterocycles. The van der Waals surface area contributed by atoms with E-state index in [0.29, 0.717) is 38.9 Å². The monoisotopic (exact) mass is 408 g/mol. The van der Waals surface area contributed by atoms with Gasteiger partial charge in [-0.3, -0.25) is 19.3 Å². The molecule has 30 heavy (non-hydrogen) atoms. The largest absolute Gasteiger partial charge is 0.369 e. The summed E-state index contributed by atoms with van der Waals surface area (Å²) in [5.41, 5.74) is 1.79. The van der Waals surface area contributed by atoms with Gasteiger partial charge in [-0.15, -0.1) is 0 Å². The third-order valence-electron chi connectivity index (χ3n) is 6.74. The van der Waals surface area contributed by atoms with E-state index in [2.05, 4.69) is 27.7 Å². The average molecular weight is 408 g/mol. The first-order valence-corrected chi connectivity index (χ1v) is 10.6. The topological polar surface area (TPSA) is 77.9 Å². The first-order chi connectivity index (χ1) is 14.2. The molecule has 2 aromatic rings. The molecule has 0 aliphatic carbocycles. The van der Waals surface area contributed by atoms with Gasteiger partial charge in [-0.2, -0.15) is 0 Å². The van der Waals surface area contributed by atoms with E-state index in [9.17, 15) is 19.5 Å². The minimum Gasteiger partial charge on any atom is -0.369 e. The highest BCUT2D eigenvalue weighted by Gasteiger charge is 2.41. The van der Waals surface area contributed by atoms with Crippen LogP contribution < -0.4 is 0 Å². The molecule has 2 heterocycles. The van der Waals surface area contributed by atoms with Crippen LogP contribution in [0.15, 0.2) is 24.3 Å². The van der Waals surface area contributed by atoms with E-state index in [1.54, 1.807) is 29.2 Å². The lowest BCUT2D eigenvalue weighted by Gasteiger charge is -2.42. The first-order valence-electron chi connectivity index (χ1n) is 10.6. The Balaban J connectivity index is 1.92. The van der Waals surface area contributed by atoms with Crippen molar-refractivity contribution >= 4 is 28.5 Å². The second-order valence-corrected chi connectivity index (χ2v) is 8.93. The Morgan fingerprint density at radius 3 is 1.97 bits per heavy atom. The quantitative estimate of drug-likeness (QED) is 0.760. The summed E-state index contributed by atoms with van der Waals surface area (Å²) in [6.45, 7) is 8.41. The number of carbonyl (C=O) groups is 3. The Morgan fingerprint density at radius 1 is 0.900 bits per heavy atom. The van der Waals surface area contributed by atoms with Gasteiger partial charge in [-0.1, -0.05) is 40.2 Å². The maximum absolute atomic E-state index is 13.6. The third-order valence-corrected chi connectivity index (χ3v) is 6.74. The van der Waals surface area contributed by atoms with Crippen molar-refractivity contribution in [3.8, 4) is 0 Å². The van der Waals surface area contributed by atoms with Gasteiger partial charge in [0, 0.05) is 46.1 Å². The Morgan fingerprint density at radius 2 is 1.43 bits per heavy atom. The van der Waals surface area contributed by atoms with E-state index >= 15 is 0 Å². The molecule has 6 heteroatoms. The number of rotatable bonds is 5. The molecule has 3 unspecified atom stereocenters. The fourth-order valence-corrected chi connectivity index (χ4v) is 4.74.